The van der Waals surface area contributed by atoms with Crippen molar-refractivity contribution in [3.63, 3.8) is 0 Å². The molecule has 1 aromatic carbocycles. The molecular weight excluding hydrogens is 344 g/mol. The Kier molecular flexibility index (Phi) is 5.59. The van der Waals surface area contributed by atoms with Crippen LogP contribution in [0.3, 0.4) is 0 Å². The molecule has 2 heterocycles. The van der Waals surface area contributed by atoms with E-state index in [1.165, 1.54) is 5.56 Å². The van der Waals surface area contributed by atoms with Gasteiger partial charge in [0.15, 0.2) is 0 Å². The fourth-order valence-corrected chi connectivity index (χ4v) is 3.02. The van der Waals surface area contributed by atoms with Gasteiger partial charge < -0.3 is 20.7 Å². The Hall–Kier alpha value is -3.09. The maximum absolute atomic E-state index is 12.4. The lowest BCUT2D eigenvalue weighted by Gasteiger charge is -2.29. The second-order valence-electron chi connectivity index (χ2n) is 6.82. The van der Waals surface area contributed by atoms with Gasteiger partial charge in [-0.15, -0.1) is 0 Å². The van der Waals surface area contributed by atoms with Crippen LogP contribution in [0, 0.1) is 19.8 Å². The van der Waals surface area contributed by atoms with Gasteiger partial charge in [-0.2, -0.15) is 0 Å². The quantitative estimate of drug-likeness (QED) is 0.866. The van der Waals surface area contributed by atoms with Crippen molar-refractivity contribution in [1.29, 1.82) is 0 Å². The Morgan fingerprint density at radius 3 is 2.48 bits per heavy atom. The second-order valence-corrected chi connectivity index (χ2v) is 6.82. The summed E-state index contributed by atoms with van der Waals surface area (Å²) in [5, 5.41) is 2.87. The number of nitrogens with one attached hydrogen (secondary N) is 1. The first-order valence-electron chi connectivity index (χ1n) is 8.99. The number of ether oxygens (including phenoxy) is 1. The van der Waals surface area contributed by atoms with Crippen LogP contribution in [0.4, 0.5) is 10.5 Å². The number of piperidine rings is 1. The Bertz CT molecular complexity index is 828. The summed E-state index contributed by atoms with van der Waals surface area (Å²) in [6.45, 7) is 5.09. The molecule has 0 unspecified atom stereocenters. The van der Waals surface area contributed by atoms with Crippen LogP contribution in [-0.4, -0.2) is 34.9 Å². The molecule has 7 nitrogen and oxygen atoms in total. The number of rotatable bonds is 4. The molecular formula is C20H24N4O3. The third-order valence-electron chi connectivity index (χ3n) is 4.88. The van der Waals surface area contributed by atoms with E-state index in [0.29, 0.717) is 37.5 Å². The molecule has 1 aliphatic heterocycles. The average Bonchev–Trinajstić information content (AvgIpc) is 2.66. The van der Waals surface area contributed by atoms with Crippen LogP contribution in [0.2, 0.25) is 0 Å². The predicted molar refractivity (Wildman–Crippen MR) is 103 cm³/mol. The first-order valence-corrected chi connectivity index (χ1v) is 8.99. The molecule has 1 aromatic heterocycles. The van der Waals surface area contributed by atoms with Gasteiger partial charge in [0.05, 0.1) is 11.9 Å². The molecule has 3 N–H and O–H groups in total. The van der Waals surface area contributed by atoms with Crippen LogP contribution in [0.15, 0.2) is 36.5 Å². The molecule has 1 saturated heterocycles. The molecule has 2 aromatic rings. The minimum atomic E-state index is -0.433. The second kappa shape index (κ2) is 8.07. The number of primary amides is 1. The molecule has 1 fully saturated rings. The maximum Gasteiger partial charge on any atom is 0.314 e. The first-order chi connectivity index (χ1) is 12.9. The van der Waals surface area contributed by atoms with E-state index in [0.717, 1.165) is 11.3 Å². The number of likely N-dealkylation sites (tertiary alicyclic amines) is 1. The fourth-order valence-electron chi connectivity index (χ4n) is 3.02. The maximum atomic E-state index is 12.4. The van der Waals surface area contributed by atoms with Crippen LogP contribution in [-0.2, 0) is 4.79 Å². The lowest BCUT2D eigenvalue weighted by molar-refractivity contribution is -0.121. The van der Waals surface area contributed by atoms with Crippen molar-refractivity contribution in [3.8, 4) is 11.6 Å². The normalized spacial score (nSPS) is 14.7. The van der Waals surface area contributed by atoms with Crippen LogP contribution >= 0.6 is 0 Å². The Balaban J connectivity index is 1.55. The summed E-state index contributed by atoms with van der Waals surface area (Å²) in [6.07, 6.45) is 2.79. The number of nitrogens with two attached hydrogens (primary N) is 1. The zero-order valence-electron chi connectivity index (χ0n) is 15.6. The summed E-state index contributed by atoms with van der Waals surface area (Å²) in [5.74, 6) is 0.991. The van der Waals surface area contributed by atoms with Crippen LogP contribution < -0.4 is 15.8 Å². The molecule has 0 bridgehead atoms. The topological polar surface area (TPSA) is 97.5 Å². The number of carbonyl (C=O) groups excluding carboxylic acids is 2. The molecule has 0 aliphatic carbocycles. The largest absolute Gasteiger partial charge is 0.439 e. The van der Waals surface area contributed by atoms with Crippen LogP contribution in [0.25, 0.3) is 0 Å². The van der Waals surface area contributed by atoms with Gasteiger partial charge in [0, 0.05) is 25.1 Å². The minimum Gasteiger partial charge on any atom is -0.439 e. The number of aryl methyl sites for hydroxylation is 2. The van der Waals surface area contributed by atoms with Gasteiger partial charge in [0.1, 0.15) is 5.75 Å². The number of nitrogens with zero attached hydrogens (tertiary/aromatic N) is 2. The highest BCUT2D eigenvalue weighted by molar-refractivity contribution is 5.92. The Labute approximate surface area is 158 Å². The first kappa shape index (κ1) is 18.7. The van der Waals surface area contributed by atoms with Gasteiger partial charge in [-0.25, -0.2) is 9.78 Å². The average molecular weight is 368 g/mol. The van der Waals surface area contributed by atoms with Crippen molar-refractivity contribution < 1.29 is 14.3 Å². The molecule has 3 rings (SSSR count). The fraction of sp³-hybridized carbons (Fsp3) is 0.350. The number of benzene rings is 1. The molecule has 3 amide bonds. The van der Waals surface area contributed by atoms with E-state index in [1.807, 2.05) is 32.0 Å². The van der Waals surface area contributed by atoms with Crippen molar-refractivity contribution >= 4 is 17.6 Å². The number of amides is 3. The Morgan fingerprint density at radius 2 is 1.89 bits per heavy atom. The number of aromatic nitrogens is 1. The number of hydrogen-bond donors (Lipinski definition) is 2. The van der Waals surface area contributed by atoms with E-state index in [-0.39, 0.29) is 11.8 Å². The highest BCUT2D eigenvalue weighted by Crippen LogP contribution is 2.24. The SMILES string of the molecule is Cc1ccc(Oc2ccc(NC(=O)C3CCN(C(N)=O)CC3)cn2)cc1C. The lowest BCUT2D eigenvalue weighted by atomic mass is 9.96. The summed E-state index contributed by atoms with van der Waals surface area (Å²) >= 11 is 0. The summed E-state index contributed by atoms with van der Waals surface area (Å²) < 4.78 is 5.75. The summed E-state index contributed by atoms with van der Waals surface area (Å²) in [7, 11) is 0. The molecule has 7 heteroatoms. The van der Waals surface area contributed by atoms with Gasteiger partial charge in [0.25, 0.3) is 0 Å². The smallest absolute Gasteiger partial charge is 0.314 e. The number of hydrogen-bond acceptors (Lipinski definition) is 4. The van der Waals surface area contributed by atoms with Crippen molar-refractivity contribution in [2.75, 3.05) is 18.4 Å². The van der Waals surface area contributed by atoms with Crippen molar-refractivity contribution in [3.05, 3.63) is 47.7 Å². The van der Waals surface area contributed by atoms with Gasteiger partial charge in [-0.3, -0.25) is 4.79 Å². The van der Waals surface area contributed by atoms with E-state index >= 15 is 0 Å². The molecule has 0 saturated carbocycles. The standard InChI is InChI=1S/C20H24N4O3/c1-13-3-5-17(11-14(13)2)27-18-6-4-16(12-22-18)23-19(25)15-7-9-24(10-8-15)20(21)26/h3-6,11-12,15H,7-10H2,1-2H3,(H2,21,26)(H,23,25). The molecule has 0 radical (unpaired) electrons. The third-order valence-corrected chi connectivity index (χ3v) is 4.88. The van der Waals surface area contributed by atoms with E-state index < -0.39 is 6.03 Å². The van der Waals surface area contributed by atoms with E-state index in [4.69, 9.17) is 10.5 Å². The highest BCUT2D eigenvalue weighted by Gasteiger charge is 2.26. The zero-order chi connectivity index (χ0) is 19.4. The molecule has 0 atom stereocenters. The minimum absolute atomic E-state index is 0.0660. The van der Waals surface area contributed by atoms with Crippen molar-refractivity contribution in [1.82, 2.24) is 9.88 Å². The molecule has 1 aliphatic rings. The molecule has 0 spiro atoms. The van der Waals surface area contributed by atoms with Gasteiger partial charge in [-0.1, -0.05) is 6.07 Å². The van der Waals surface area contributed by atoms with Crippen molar-refractivity contribution in [2.45, 2.75) is 26.7 Å². The van der Waals surface area contributed by atoms with Crippen LogP contribution in [0.5, 0.6) is 11.6 Å². The number of urea groups is 1. The van der Waals surface area contributed by atoms with Gasteiger partial charge in [0.2, 0.25) is 11.8 Å². The monoisotopic (exact) mass is 368 g/mol. The van der Waals surface area contributed by atoms with Gasteiger partial charge >= 0.3 is 6.03 Å². The molecule has 142 valence electrons. The van der Waals surface area contributed by atoms with Crippen molar-refractivity contribution in [2.24, 2.45) is 11.7 Å². The summed E-state index contributed by atoms with van der Waals surface area (Å²) in [5.41, 5.74) is 8.23. The Morgan fingerprint density at radius 1 is 1.15 bits per heavy atom. The summed E-state index contributed by atoms with van der Waals surface area (Å²) in [6, 6.07) is 8.92. The van der Waals surface area contributed by atoms with E-state index in [9.17, 15) is 9.59 Å². The predicted octanol–water partition coefficient (Wildman–Crippen LogP) is 3.22. The van der Waals surface area contributed by atoms with E-state index in [1.54, 1.807) is 23.2 Å². The van der Waals surface area contributed by atoms with E-state index in [2.05, 4.69) is 10.3 Å². The number of anilines is 1. The third kappa shape index (κ3) is 4.75. The number of pyridine rings is 1. The zero-order valence-corrected chi connectivity index (χ0v) is 15.6. The van der Waals surface area contributed by atoms with Crippen LogP contribution in [0.1, 0.15) is 24.0 Å². The summed E-state index contributed by atoms with van der Waals surface area (Å²) in [4.78, 5) is 29.3. The van der Waals surface area contributed by atoms with Gasteiger partial charge in [-0.05, 0) is 56.0 Å². The lowest BCUT2D eigenvalue weighted by Crippen LogP contribution is -2.43. The highest BCUT2D eigenvalue weighted by atomic mass is 16.5. The number of carbonyl (C=O) groups is 2. The molecule has 27 heavy (non-hydrogen) atoms.